The Kier molecular flexibility index (Phi) is 9.83. The molecule has 4 aromatic rings. The highest BCUT2D eigenvalue weighted by Crippen LogP contribution is 2.30. The first-order valence-electron chi connectivity index (χ1n) is 16.1. The lowest BCUT2D eigenvalue weighted by Crippen LogP contribution is -2.14. The Bertz CT molecular complexity index is 2050. The number of aliphatic carboxylic acids is 4. The first-order chi connectivity index (χ1) is 22.7. The van der Waals surface area contributed by atoms with Gasteiger partial charge >= 0.3 is 23.9 Å². The minimum Gasteiger partial charge on any atom is -0.481 e. The maximum Gasteiger partial charge on any atom is 0.303 e. The molecule has 0 atom stereocenters. The van der Waals surface area contributed by atoms with Crippen molar-refractivity contribution >= 4 is 36.0 Å². The van der Waals surface area contributed by atoms with E-state index < -0.39 is 23.9 Å². The monoisotopic (exact) mass is 658 g/mol. The molecule has 254 valence electrons. The van der Waals surface area contributed by atoms with E-state index in [0.29, 0.717) is 37.5 Å². The highest BCUT2D eigenvalue weighted by molar-refractivity contribution is 5.70. The van der Waals surface area contributed by atoms with E-state index in [1.807, 2.05) is 39.8 Å². The number of nitrogens with one attached hydrogen (secondary N) is 4. The third-order valence-electron chi connectivity index (χ3n) is 9.69. The van der Waals surface area contributed by atoms with Crippen LogP contribution in [-0.2, 0) is 57.7 Å². The zero-order valence-corrected chi connectivity index (χ0v) is 27.6. The summed E-state index contributed by atoms with van der Waals surface area (Å²) in [6.45, 7) is 7.83. The molecule has 0 unspecified atom stereocenters. The smallest absolute Gasteiger partial charge is 0.303 e. The lowest BCUT2D eigenvalue weighted by Gasteiger charge is -2.05. The van der Waals surface area contributed by atoms with Gasteiger partial charge in [-0.1, -0.05) is 0 Å². The minimum atomic E-state index is -0.922. The third-order valence-corrected chi connectivity index (χ3v) is 9.69. The van der Waals surface area contributed by atoms with Gasteiger partial charge in [0.2, 0.25) is 0 Å². The molecule has 5 heterocycles. The highest BCUT2D eigenvalue weighted by Gasteiger charge is 2.23. The number of rotatable bonds is 12. The summed E-state index contributed by atoms with van der Waals surface area (Å²) >= 11 is 0. The van der Waals surface area contributed by atoms with Crippen molar-refractivity contribution in [3.05, 3.63) is 89.4 Å². The van der Waals surface area contributed by atoms with Crippen molar-refractivity contribution < 1.29 is 39.6 Å². The summed E-state index contributed by atoms with van der Waals surface area (Å²) in [5, 5.41) is 39.5. The van der Waals surface area contributed by atoms with E-state index in [-0.39, 0.29) is 32.1 Å². The van der Waals surface area contributed by atoms with Crippen LogP contribution in [0.3, 0.4) is 0 Å². The molecule has 1 aliphatic rings. The van der Waals surface area contributed by atoms with E-state index in [0.717, 1.165) is 84.0 Å². The molecule has 0 fully saturated rings. The standard InChI is InChI=1S/C36H42N4O8/c1-17-21(5-9-33(41)42)29-14-27-19(3)22(6-10-34(43)44)30(39-27)15-28-20(4)24(8-12-36(47)48)32(40-28)16-31-23(7-11-35(45)46)18(2)26(38-31)13-25(17)37-29/h15-16,37-40H,5-14H2,1-4H3,(H,41,42)(H,43,44)(H,45,46)(H,47,48)/b28-15-,32-16+. The van der Waals surface area contributed by atoms with Gasteiger partial charge in [-0.3, -0.25) is 19.2 Å². The molecular weight excluding hydrogens is 616 g/mol. The predicted molar refractivity (Wildman–Crippen MR) is 178 cm³/mol. The second-order valence-corrected chi connectivity index (χ2v) is 12.7. The summed E-state index contributed by atoms with van der Waals surface area (Å²) < 4.78 is 0. The van der Waals surface area contributed by atoms with Gasteiger partial charge in [0.15, 0.2) is 0 Å². The number of carbonyl (C=O) groups is 4. The van der Waals surface area contributed by atoms with Gasteiger partial charge in [0.1, 0.15) is 0 Å². The molecule has 1 aliphatic heterocycles. The van der Waals surface area contributed by atoms with E-state index in [2.05, 4.69) is 19.9 Å². The van der Waals surface area contributed by atoms with Gasteiger partial charge in [-0.05, 0) is 110 Å². The summed E-state index contributed by atoms with van der Waals surface area (Å²) in [6.07, 6.45) is 5.75. The van der Waals surface area contributed by atoms with E-state index in [1.165, 1.54) is 0 Å². The fourth-order valence-corrected chi connectivity index (χ4v) is 6.94. The van der Waals surface area contributed by atoms with Crippen LogP contribution in [0, 0.1) is 27.7 Å². The van der Waals surface area contributed by atoms with Crippen molar-refractivity contribution in [3.8, 4) is 0 Å². The van der Waals surface area contributed by atoms with Crippen LogP contribution >= 0.6 is 0 Å². The molecule has 0 radical (unpaired) electrons. The maximum atomic E-state index is 11.6. The number of carboxylic acid groups (broad SMARTS) is 4. The van der Waals surface area contributed by atoms with Crippen LogP contribution in [0.4, 0.5) is 0 Å². The molecule has 0 saturated heterocycles. The Morgan fingerprint density at radius 1 is 0.479 bits per heavy atom. The van der Waals surface area contributed by atoms with Crippen molar-refractivity contribution in [3.63, 3.8) is 0 Å². The average Bonchev–Trinajstić information content (AvgIpc) is 3.66. The number of carboxylic acids is 4. The quantitative estimate of drug-likeness (QED) is 0.0992. The molecule has 0 spiro atoms. The Balaban J connectivity index is 1.81. The second kappa shape index (κ2) is 13.8. The molecule has 4 aromatic heterocycles. The first-order valence-corrected chi connectivity index (χ1v) is 16.1. The van der Waals surface area contributed by atoms with Gasteiger partial charge in [0.05, 0.1) is 0 Å². The zero-order chi connectivity index (χ0) is 34.9. The van der Waals surface area contributed by atoms with E-state index >= 15 is 0 Å². The molecule has 8 bridgehead atoms. The zero-order valence-electron chi connectivity index (χ0n) is 27.6. The van der Waals surface area contributed by atoms with Crippen LogP contribution < -0.4 is 10.7 Å². The Morgan fingerprint density at radius 2 is 0.854 bits per heavy atom. The lowest BCUT2D eigenvalue weighted by molar-refractivity contribution is -0.138. The molecule has 0 aromatic carbocycles. The molecule has 0 amide bonds. The second-order valence-electron chi connectivity index (χ2n) is 12.7. The number of hydrogen-bond donors (Lipinski definition) is 8. The van der Waals surface area contributed by atoms with Gasteiger partial charge in [-0.25, -0.2) is 0 Å². The Labute approximate surface area is 276 Å². The molecule has 48 heavy (non-hydrogen) atoms. The fraction of sp³-hybridized carbons (Fsp3) is 0.389. The van der Waals surface area contributed by atoms with E-state index in [9.17, 15) is 39.6 Å². The van der Waals surface area contributed by atoms with Crippen molar-refractivity contribution in [1.29, 1.82) is 0 Å². The molecule has 0 saturated carbocycles. The fourth-order valence-electron chi connectivity index (χ4n) is 6.94. The van der Waals surface area contributed by atoms with Crippen molar-refractivity contribution in [2.24, 2.45) is 0 Å². The van der Waals surface area contributed by atoms with Crippen LogP contribution in [0.15, 0.2) is 0 Å². The predicted octanol–water partition coefficient (Wildman–Crippen LogP) is 3.45. The molecule has 8 N–H and O–H groups in total. The third kappa shape index (κ3) is 7.17. The van der Waals surface area contributed by atoms with Gasteiger partial charge in [0.25, 0.3) is 0 Å². The van der Waals surface area contributed by atoms with Crippen LogP contribution in [0.5, 0.6) is 0 Å². The summed E-state index contributed by atoms with van der Waals surface area (Å²) in [5.41, 5.74) is 12.2. The molecule has 0 aliphatic carbocycles. The summed E-state index contributed by atoms with van der Waals surface area (Å²) in [4.78, 5) is 60.6. The average molecular weight is 659 g/mol. The summed E-state index contributed by atoms with van der Waals surface area (Å²) in [6, 6.07) is 0. The Hall–Kier alpha value is -5.26. The highest BCUT2D eigenvalue weighted by atomic mass is 16.4. The number of aromatic nitrogens is 4. The minimum absolute atomic E-state index is 0.0316. The molecule has 5 rings (SSSR count). The summed E-state index contributed by atoms with van der Waals surface area (Å²) in [5.74, 6) is -3.64. The number of aromatic amines is 4. The van der Waals surface area contributed by atoms with Crippen molar-refractivity contribution in [2.75, 3.05) is 0 Å². The maximum absolute atomic E-state index is 11.6. The Morgan fingerprint density at radius 3 is 1.33 bits per heavy atom. The normalized spacial score (nSPS) is 13.8. The van der Waals surface area contributed by atoms with Crippen LogP contribution in [-0.4, -0.2) is 64.2 Å². The van der Waals surface area contributed by atoms with Gasteiger partial charge < -0.3 is 40.4 Å². The van der Waals surface area contributed by atoms with Crippen LogP contribution in [0.2, 0.25) is 0 Å². The largest absolute Gasteiger partial charge is 0.481 e. The van der Waals surface area contributed by atoms with Crippen LogP contribution in [0.25, 0.3) is 12.2 Å². The van der Waals surface area contributed by atoms with E-state index in [1.54, 1.807) is 0 Å². The molecular formula is C36H42N4O8. The lowest BCUT2D eigenvalue weighted by atomic mass is 9.98. The number of H-pyrrole nitrogens is 4. The van der Waals surface area contributed by atoms with Crippen molar-refractivity contribution in [2.45, 2.75) is 91.9 Å². The van der Waals surface area contributed by atoms with E-state index in [4.69, 9.17) is 0 Å². The van der Waals surface area contributed by atoms with Gasteiger partial charge in [0, 0.05) is 83.4 Å². The van der Waals surface area contributed by atoms with Crippen LogP contribution in [0.1, 0.15) is 104 Å². The number of hydrogen-bond acceptors (Lipinski definition) is 4. The SMILES string of the molecule is Cc1c2[nH]c(c1CCC(=O)O)/C=c1\[nH]/c(c(CCC(=O)O)c1C)=C/c1[nH]c(c(C)c1CCC(=O)O)Cc1[nH]c(c(CCC(=O)O)c1C)C2. The van der Waals surface area contributed by atoms with Gasteiger partial charge in [-0.15, -0.1) is 0 Å². The summed E-state index contributed by atoms with van der Waals surface area (Å²) in [7, 11) is 0. The van der Waals surface area contributed by atoms with Crippen molar-refractivity contribution in [1.82, 2.24) is 19.9 Å². The molecule has 12 heteroatoms. The van der Waals surface area contributed by atoms with Gasteiger partial charge in [-0.2, -0.15) is 0 Å². The molecule has 12 nitrogen and oxygen atoms in total. The topological polar surface area (TPSA) is 212 Å². The number of fused-ring (bicyclic) bond motifs is 8. The first kappa shape index (κ1) is 34.1.